The molecule has 4 aromatic carbocycles. The first-order valence-corrected chi connectivity index (χ1v) is 16.2. The van der Waals surface area contributed by atoms with Crippen molar-refractivity contribution in [1.29, 1.82) is 5.26 Å². The second-order valence-electron chi connectivity index (χ2n) is 10.5. The third-order valence-electron chi connectivity index (χ3n) is 7.19. The van der Waals surface area contributed by atoms with Crippen LogP contribution in [0.3, 0.4) is 0 Å². The number of ether oxygens (including phenoxy) is 2. The van der Waals surface area contributed by atoms with E-state index in [1.165, 1.54) is 0 Å². The molecule has 0 spiro atoms. The lowest BCUT2D eigenvalue weighted by molar-refractivity contribution is 0.304. The fourth-order valence-electron chi connectivity index (χ4n) is 4.80. The predicted molar refractivity (Wildman–Crippen MR) is 177 cm³/mol. The van der Waals surface area contributed by atoms with Gasteiger partial charge in [0.2, 0.25) is 10.0 Å². The van der Waals surface area contributed by atoms with Crippen molar-refractivity contribution >= 4 is 21.4 Å². The minimum atomic E-state index is -3.44. The van der Waals surface area contributed by atoms with Gasteiger partial charge in [-0.25, -0.2) is 8.42 Å². The van der Waals surface area contributed by atoms with E-state index in [4.69, 9.17) is 9.47 Å². The molecule has 0 unspecified atom stereocenters. The number of aromatic nitrogens is 1. The van der Waals surface area contributed by atoms with Crippen LogP contribution in [0, 0.1) is 18.3 Å². The van der Waals surface area contributed by atoms with E-state index in [1.807, 2.05) is 97.9 Å². The van der Waals surface area contributed by atoms with Crippen molar-refractivity contribution in [3.05, 3.63) is 143 Å². The summed E-state index contributed by atoms with van der Waals surface area (Å²) in [5.74, 6) is 2.03. The molecule has 0 fully saturated rings. The Labute approximate surface area is 264 Å². The van der Waals surface area contributed by atoms with E-state index in [0.717, 1.165) is 27.9 Å². The molecule has 0 saturated carbocycles. The first-order valence-electron chi connectivity index (χ1n) is 14.5. The normalized spacial score (nSPS) is 11.0. The highest BCUT2D eigenvalue weighted by molar-refractivity contribution is 7.92. The second kappa shape index (κ2) is 14.4. The molecule has 0 aliphatic heterocycles. The van der Waals surface area contributed by atoms with Crippen LogP contribution in [-0.4, -0.2) is 19.2 Å². The maximum atomic E-state index is 12.4. The van der Waals surface area contributed by atoms with Crippen LogP contribution in [0.5, 0.6) is 17.2 Å². The molecule has 0 aliphatic carbocycles. The molecule has 228 valence electrons. The minimum absolute atomic E-state index is 0.0154. The van der Waals surface area contributed by atoms with Crippen LogP contribution in [0.25, 0.3) is 0 Å². The Balaban J connectivity index is 1.34. The molecule has 5 rings (SSSR count). The van der Waals surface area contributed by atoms with Crippen molar-refractivity contribution in [2.75, 3.05) is 15.4 Å². The molecule has 8 nitrogen and oxygen atoms in total. The number of nitrogens with zero attached hydrogens (tertiary/aromatic N) is 3. The Bertz CT molecular complexity index is 1890. The highest BCUT2D eigenvalue weighted by atomic mass is 32.2. The van der Waals surface area contributed by atoms with E-state index >= 15 is 0 Å². The van der Waals surface area contributed by atoms with Crippen molar-refractivity contribution in [2.45, 2.75) is 33.5 Å². The molecule has 1 N–H and O–H groups in total. The molecular formula is C36H34N4O4S. The quantitative estimate of drug-likeness (QED) is 0.145. The van der Waals surface area contributed by atoms with Gasteiger partial charge in [0.25, 0.3) is 0 Å². The highest BCUT2D eigenvalue weighted by Crippen LogP contribution is 2.31. The van der Waals surface area contributed by atoms with Gasteiger partial charge >= 0.3 is 0 Å². The number of nitriles is 1. The number of hydrogen-bond acceptors (Lipinski definition) is 7. The average Bonchev–Trinajstić information content (AvgIpc) is 3.06. The van der Waals surface area contributed by atoms with Crippen LogP contribution in [-0.2, 0) is 29.7 Å². The van der Waals surface area contributed by atoms with Crippen molar-refractivity contribution < 1.29 is 17.9 Å². The average molecular weight is 619 g/mol. The number of nitrogens with one attached hydrogen (secondary N) is 1. The van der Waals surface area contributed by atoms with E-state index in [1.54, 1.807) is 31.5 Å². The summed E-state index contributed by atoms with van der Waals surface area (Å²) in [6, 6.07) is 34.5. The molecular weight excluding hydrogens is 584 g/mol. The van der Waals surface area contributed by atoms with E-state index in [-0.39, 0.29) is 5.75 Å². The highest BCUT2D eigenvalue weighted by Gasteiger charge is 2.16. The van der Waals surface area contributed by atoms with Crippen LogP contribution in [0.15, 0.2) is 116 Å². The van der Waals surface area contributed by atoms with Gasteiger partial charge in [0.15, 0.2) is 0 Å². The van der Waals surface area contributed by atoms with Crippen molar-refractivity contribution in [1.82, 2.24) is 4.98 Å². The smallest absolute Gasteiger partial charge is 0.232 e. The molecule has 1 aromatic heterocycles. The van der Waals surface area contributed by atoms with Crippen LogP contribution < -0.4 is 19.1 Å². The molecule has 0 bridgehead atoms. The number of sulfonamides is 1. The summed E-state index contributed by atoms with van der Waals surface area (Å²) in [5.41, 5.74) is 5.82. The van der Waals surface area contributed by atoms with Gasteiger partial charge in [-0.15, -0.1) is 0 Å². The summed E-state index contributed by atoms with van der Waals surface area (Å²) >= 11 is 0. The number of benzene rings is 4. The number of hydrogen-bond donors (Lipinski definition) is 1. The zero-order valence-electron chi connectivity index (χ0n) is 25.2. The third kappa shape index (κ3) is 8.62. The van der Waals surface area contributed by atoms with Gasteiger partial charge < -0.3 is 14.4 Å². The summed E-state index contributed by atoms with van der Waals surface area (Å²) in [6.07, 6.45) is 3.51. The summed E-state index contributed by atoms with van der Waals surface area (Å²) in [4.78, 5) is 6.30. The fraction of sp³-hybridized carbons (Fsp3) is 0.167. The molecule has 0 saturated heterocycles. The summed E-state index contributed by atoms with van der Waals surface area (Å²) < 4.78 is 39.4. The lowest BCUT2D eigenvalue weighted by Crippen LogP contribution is -2.24. The van der Waals surface area contributed by atoms with Gasteiger partial charge in [0.05, 0.1) is 23.1 Å². The Morgan fingerprint density at radius 2 is 1.56 bits per heavy atom. The van der Waals surface area contributed by atoms with Crippen molar-refractivity contribution in [2.24, 2.45) is 0 Å². The SMILES string of the molecule is CCS(=O)(=O)Nc1cccc(N(Cc2ccc(Oc3cccc(OCc4cccnc4)c3)cc2)Cc2cccc(C#N)c2)c1C. The minimum Gasteiger partial charge on any atom is -0.489 e. The van der Waals surface area contributed by atoms with Gasteiger partial charge in [-0.3, -0.25) is 9.71 Å². The third-order valence-corrected chi connectivity index (χ3v) is 8.48. The van der Waals surface area contributed by atoms with Crippen molar-refractivity contribution in [3.8, 4) is 23.3 Å². The van der Waals surface area contributed by atoms with Gasteiger partial charge in [-0.2, -0.15) is 5.26 Å². The lowest BCUT2D eigenvalue weighted by atomic mass is 10.1. The Morgan fingerprint density at radius 3 is 2.31 bits per heavy atom. The molecule has 0 atom stereocenters. The topological polar surface area (TPSA) is 105 Å². The Hall–Kier alpha value is -5.33. The molecule has 0 radical (unpaired) electrons. The van der Waals surface area contributed by atoms with Crippen LogP contribution in [0.1, 0.15) is 34.7 Å². The summed E-state index contributed by atoms with van der Waals surface area (Å²) in [5, 5.41) is 9.43. The van der Waals surface area contributed by atoms with Crippen LogP contribution >= 0.6 is 0 Å². The number of rotatable bonds is 13. The Morgan fingerprint density at radius 1 is 0.822 bits per heavy atom. The number of pyridine rings is 1. The van der Waals surface area contributed by atoms with Gasteiger partial charge in [0, 0.05) is 42.8 Å². The first kappa shape index (κ1) is 31.1. The zero-order chi connectivity index (χ0) is 31.6. The second-order valence-corrected chi connectivity index (χ2v) is 12.5. The summed E-state index contributed by atoms with van der Waals surface area (Å²) in [7, 11) is -3.44. The molecule has 0 aliphatic rings. The van der Waals surface area contributed by atoms with E-state index < -0.39 is 10.0 Å². The standard InChI is InChI=1S/C36H34N4O4S/c1-3-45(41,42)39-35-13-6-14-36(27(35)2)40(25-30-9-4-8-29(20-30)22-37)24-28-15-17-32(18-16-28)44-34-12-5-11-33(21-34)43-26-31-10-7-19-38-23-31/h4-21,23,39H,3,24-26H2,1-2H3. The summed E-state index contributed by atoms with van der Waals surface area (Å²) in [6.45, 7) is 4.99. The predicted octanol–water partition coefficient (Wildman–Crippen LogP) is 7.60. The van der Waals surface area contributed by atoms with E-state index in [2.05, 4.69) is 20.7 Å². The molecule has 1 heterocycles. The van der Waals surface area contributed by atoms with Gasteiger partial charge in [-0.1, -0.05) is 42.5 Å². The maximum absolute atomic E-state index is 12.4. The monoisotopic (exact) mass is 618 g/mol. The number of anilines is 2. The largest absolute Gasteiger partial charge is 0.489 e. The van der Waals surface area contributed by atoms with E-state index in [9.17, 15) is 13.7 Å². The lowest BCUT2D eigenvalue weighted by Gasteiger charge is -2.28. The zero-order valence-corrected chi connectivity index (χ0v) is 26.0. The molecule has 5 aromatic rings. The van der Waals surface area contributed by atoms with E-state index in [0.29, 0.717) is 48.2 Å². The fourth-order valence-corrected chi connectivity index (χ4v) is 5.50. The first-order chi connectivity index (χ1) is 21.8. The van der Waals surface area contributed by atoms with Gasteiger partial charge in [0.1, 0.15) is 23.9 Å². The van der Waals surface area contributed by atoms with Crippen molar-refractivity contribution in [3.63, 3.8) is 0 Å². The van der Waals surface area contributed by atoms with Crippen LogP contribution in [0.4, 0.5) is 11.4 Å². The Kier molecular flexibility index (Phi) is 9.97. The van der Waals surface area contributed by atoms with Crippen LogP contribution in [0.2, 0.25) is 0 Å². The molecule has 45 heavy (non-hydrogen) atoms. The molecule has 9 heteroatoms. The maximum Gasteiger partial charge on any atom is 0.232 e. The van der Waals surface area contributed by atoms with Gasteiger partial charge in [-0.05, 0) is 85.1 Å². The molecule has 0 amide bonds.